The summed E-state index contributed by atoms with van der Waals surface area (Å²) in [5.41, 5.74) is 1.52. The summed E-state index contributed by atoms with van der Waals surface area (Å²) in [4.78, 5) is 20.2. The number of likely N-dealkylation sites (tertiary alicyclic amines) is 1. The summed E-state index contributed by atoms with van der Waals surface area (Å²) < 4.78 is 8.86. The molecule has 12 heteroatoms. The molecule has 1 aliphatic heterocycles. The van der Waals surface area contributed by atoms with Crippen molar-refractivity contribution in [2.24, 2.45) is 0 Å². The van der Waals surface area contributed by atoms with Gasteiger partial charge in [0.05, 0.1) is 10.2 Å². The average molecular weight is 539 g/mol. The van der Waals surface area contributed by atoms with Gasteiger partial charge in [0.2, 0.25) is 11.0 Å². The number of fused-ring (bicyclic) bond motifs is 2. The number of ether oxygens (including phenoxy) is 1. The molecular formula is C25H30N8O2S2. The van der Waals surface area contributed by atoms with Crippen LogP contribution in [-0.4, -0.2) is 68.0 Å². The normalized spacial score (nSPS) is 17.0. The van der Waals surface area contributed by atoms with E-state index in [1.807, 2.05) is 24.3 Å². The molecule has 4 aromatic rings. The number of thiazole rings is 1. The van der Waals surface area contributed by atoms with E-state index in [-0.39, 0.29) is 12.1 Å². The summed E-state index contributed by atoms with van der Waals surface area (Å²) >= 11 is 2.94. The number of benzene rings is 1. The number of hydrogen-bond donors (Lipinski definition) is 2. The maximum atomic E-state index is 12.3. The van der Waals surface area contributed by atoms with Crippen LogP contribution in [0.25, 0.3) is 15.9 Å². The fourth-order valence-electron chi connectivity index (χ4n) is 4.84. The number of hydrogen-bond acceptors (Lipinski definition) is 9. The van der Waals surface area contributed by atoms with Crippen LogP contribution >= 0.6 is 23.1 Å². The van der Waals surface area contributed by atoms with Crippen molar-refractivity contribution in [2.75, 3.05) is 31.5 Å². The number of carbonyl (C=O) groups is 1. The summed E-state index contributed by atoms with van der Waals surface area (Å²) in [6.07, 6.45) is 8.59. The predicted molar refractivity (Wildman–Crippen MR) is 145 cm³/mol. The SMILES string of the molecule is O=C(NCCN1CCCC1)Nc1nc2ccc(Sc3nnc4ccc(OC5CCCCC5)nn34)cc2s1. The van der Waals surface area contributed by atoms with Gasteiger partial charge in [-0.2, -0.15) is 4.52 Å². The number of nitrogens with zero attached hydrogens (tertiary/aromatic N) is 6. The number of amides is 2. The Kier molecular flexibility index (Phi) is 7.38. The van der Waals surface area contributed by atoms with Gasteiger partial charge in [-0.15, -0.1) is 15.3 Å². The lowest BCUT2D eigenvalue weighted by Gasteiger charge is -2.22. The Hall–Kier alpha value is -2.96. The molecule has 1 aliphatic carbocycles. The van der Waals surface area contributed by atoms with E-state index in [0.717, 1.165) is 47.6 Å². The van der Waals surface area contributed by atoms with Gasteiger partial charge in [0, 0.05) is 24.1 Å². The van der Waals surface area contributed by atoms with Crippen LogP contribution in [0.1, 0.15) is 44.9 Å². The van der Waals surface area contributed by atoms with Crippen LogP contribution in [0.4, 0.5) is 9.93 Å². The van der Waals surface area contributed by atoms with Crippen molar-refractivity contribution in [3.05, 3.63) is 30.3 Å². The molecule has 2 aliphatic rings. The smallest absolute Gasteiger partial charge is 0.321 e. The number of rotatable bonds is 8. The molecule has 2 amide bonds. The van der Waals surface area contributed by atoms with Crippen molar-refractivity contribution in [1.29, 1.82) is 0 Å². The van der Waals surface area contributed by atoms with Crippen molar-refractivity contribution < 1.29 is 9.53 Å². The molecule has 0 atom stereocenters. The van der Waals surface area contributed by atoms with Gasteiger partial charge in [-0.25, -0.2) is 9.78 Å². The van der Waals surface area contributed by atoms with Crippen molar-refractivity contribution in [2.45, 2.75) is 61.1 Å². The van der Waals surface area contributed by atoms with Crippen LogP contribution in [0.5, 0.6) is 5.88 Å². The van der Waals surface area contributed by atoms with E-state index in [4.69, 9.17) is 4.74 Å². The zero-order valence-corrected chi connectivity index (χ0v) is 22.2. The van der Waals surface area contributed by atoms with Crippen molar-refractivity contribution >= 4 is 50.1 Å². The Balaban J connectivity index is 1.10. The molecular weight excluding hydrogens is 508 g/mol. The lowest BCUT2D eigenvalue weighted by molar-refractivity contribution is 0.146. The minimum atomic E-state index is -0.222. The minimum Gasteiger partial charge on any atom is -0.473 e. The van der Waals surface area contributed by atoms with Crippen molar-refractivity contribution in [3.63, 3.8) is 0 Å². The van der Waals surface area contributed by atoms with E-state index in [0.29, 0.717) is 28.4 Å². The Morgan fingerprint density at radius 2 is 1.95 bits per heavy atom. The van der Waals surface area contributed by atoms with E-state index in [2.05, 4.69) is 41.9 Å². The molecule has 0 bridgehead atoms. The van der Waals surface area contributed by atoms with E-state index in [9.17, 15) is 4.79 Å². The first-order valence-electron chi connectivity index (χ1n) is 12.9. The lowest BCUT2D eigenvalue weighted by atomic mass is 9.98. The van der Waals surface area contributed by atoms with Gasteiger partial charge in [0.15, 0.2) is 10.8 Å². The summed E-state index contributed by atoms with van der Waals surface area (Å²) in [6.45, 7) is 3.76. The Morgan fingerprint density at radius 1 is 1.08 bits per heavy atom. The highest BCUT2D eigenvalue weighted by molar-refractivity contribution is 7.99. The predicted octanol–water partition coefficient (Wildman–Crippen LogP) is 4.81. The number of anilines is 1. The molecule has 10 nitrogen and oxygen atoms in total. The zero-order chi connectivity index (χ0) is 25.0. The quantitative estimate of drug-likeness (QED) is 0.329. The minimum absolute atomic E-state index is 0.222. The van der Waals surface area contributed by atoms with Gasteiger partial charge in [0.1, 0.15) is 6.10 Å². The molecule has 6 rings (SSSR count). The Labute approximate surface area is 223 Å². The molecule has 1 saturated heterocycles. The molecule has 2 N–H and O–H groups in total. The Bertz CT molecular complexity index is 1380. The van der Waals surface area contributed by atoms with Crippen LogP contribution in [0.3, 0.4) is 0 Å². The second-order valence-electron chi connectivity index (χ2n) is 9.48. The number of urea groups is 1. The van der Waals surface area contributed by atoms with Gasteiger partial charge in [-0.1, -0.05) is 17.8 Å². The van der Waals surface area contributed by atoms with Crippen LogP contribution in [0.15, 0.2) is 40.4 Å². The molecule has 0 radical (unpaired) electrons. The van der Waals surface area contributed by atoms with Gasteiger partial charge in [-0.3, -0.25) is 5.32 Å². The van der Waals surface area contributed by atoms with Gasteiger partial charge >= 0.3 is 6.03 Å². The van der Waals surface area contributed by atoms with Gasteiger partial charge in [-0.05, 0) is 87.6 Å². The first-order valence-corrected chi connectivity index (χ1v) is 14.6. The van der Waals surface area contributed by atoms with Crippen molar-refractivity contribution in [1.82, 2.24) is 35.0 Å². The maximum absolute atomic E-state index is 12.3. The van der Waals surface area contributed by atoms with Gasteiger partial charge < -0.3 is 15.0 Å². The average Bonchev–Trinajstić information content (AvgIpc) is 3.65. The molecule has 2 fully saturated rings. The van der Waals surface area contributed by atoms with E-state index >= 15 is 0 Å². The third kappa shape index (κ3) is 5.97. The molecule has 194 valence electrons. The summed E-state index contributed by atoms with van der Waals surface area (Å²) in [5, 5.41) is 20.3. The first-order chi connectivity index (χ1) is 18.2. The third-order valence-corrected chi connectivity index (χ3v) is 8.61. The molecule has 0 spiro atoms. The number of aromatic nitrogens is 5. The molecule has 3 aromatic heterocycles. The van der Waals surface area contributed by atoms with E-state index < -0.39 is 0 Å². The third-order valence-electron chi connectivity index (χ3n) is 6.75. The summed E-state index contributed by atoms with van der Waals surface area (Å²) in [7, 11) is 0. The fraction of sp³-hybridized carbons (Fsp3) is 0.480. The maximum Gasteiger partial charge on any atom is 0.321 e. The second kappa shape index (κ2) is 11.2. The highest BCUT2D eigenvalue weighted by atomic mass is 32.2. The zero-order valence-electron chi connectivity index (χ0n) is 20.6. The summed E-state index contributed by atoms with van der Waals surface area (Å²) in [6, 6.07) is 9.54. The van der Waals surface area contributed by atoms with Crippen LogP contribution in [0, 0.1) is 0 Å². The highest BCUT2D eigenvalue weighted by Gasteiger charge is 2.17. The van der Waals surface area contributed by atoms with E-state index in [1.54, 1.807) is 4.52 Å². The lowest BCUT2D eigenvalue weighted by Crippen LogP contribution is -2.35. The fourth-order valence-corrected chi connectivity index (χ4v) is 6.64. The summed E-state index contributed by atoms with van der Waals surface area (Å²) in [5.74, 6) is 0.605. The van der Waals surface area contributed by atoms with Crippen LogP contribution in [-0.2, 0) is 0 Å². The van der Waals surface area contributed by atoms with Crippen LogP contribution in [0.2, 0.25) is 0 Å². The van der Waals surface area contributed by atoms with E-state index in [1.165, 1.54) is 55.2 Å². The standard InChI is InChI=1S/C25H30N8O2S2/c34-23(26-12-15-32-13-4-5-14-32)28-24-27-19-9-8-18(16-20(19)37-24)36-25-30-29-21-10-11-22(31-33(21)25)35-17-6-2-1-3-7-17/h8-11,16-17H,1-7,12-15H2,(H2,26,27,28,34). The number of carbonyl (C=O) groups excluding carboxylic acids is 1. The molecule has 1 aromatic carbocycles. The molecule has 1 saturated carbocycles. The first kappa shape index (κ1) is 24.4. The second-order valence-corrected chi connectivity index (χ2v) is 11.6. The van der Waals surface area contributed by atoms with Crippen LogP contribution < -0.4 is 15.4 Å². The molecule has 37 heavy (non-hydrogen) atoms. The highest BCUT2D eigenvalue weighted by Crippen LogP contribution is 2.33. The van der Waals surface area contributed by atoms with Crippen molar-refractivity contribution in [3.8, 4) is 5.88 Å². The molecule has 4 heterocycles. The molecule has 0 unspecified atom stereocenters. The largest absolute Gasteiger partial charge is 0.473 e. The Morgan fingerprint density at radius 3 is 2.81 bits per heavy atom. The van der Waals surface area contributed by atoms with Gasteiger partial charge in [0.25, 0.3) is 0 Å². The monoisotopic (exact) mass is 538 g/mol. The topological polar surface area (TPSA) is 110 Å². The number of nitrogens with one attached hydrogen (secondary N) is 2.